The lowest BCUT2D eigenvalue weighted by Gasteiger charge is -2.38. The molecule has 0 amide bonds. The van der Waals surface area contributed by atoms with Crippen molar-refractivity contribution in [1.29, 1.82) is 0 Å². The molecule has 0 aliphatic rings. The van der Waals surface area contributed by atoms with E-state index < -0.39 is 40.8 Å². The van der Waals surface area contributed by atoms with Crippen LogP contribution in [0.3, 0.4) is 0 Å². The molecule has 4 nitrogen and oxygen atoms in total. The molecular weight excluding hydrogens is 622 g/mol. The number of esters is 2. The highest BCUT2D eigenvalue weighted by Crippen LogP contribution is 2.56. The Morgan fingerprint density at radius 2 is 0.851 bits per heavy atom. The van der Waals surface area contributed by atoms with E-state index >= 15 is 0 Å². The highest BCUT2D eigenvalue weighted by atomic mass is 19.4. The lowest BCUT2D eigenvalue weighted by atomic mass is 9.72. The number of benzene rings is 4. The Labute approximate surface area is 269 Å². The Morgan fingerprint density at radius 1 is 0.532 bits per heavy atom. The maximum absolute atomic E-state index is 14.7. The van der Waals surface area contributed by atoms with Gasteiger partial charge in [-0.05, 0) is 83.3 Å². The standard InChI is InChI=1S/C37H34F6O4/c1-23(2)21-27-9-5-7-11-31(27)46-33(44)25-13-17-29(18-14-25)35(36(38,39)40,37(41,42)43)30-19-15-26(16-20-30)34(45)47-32-12-8-6-10-28(32)22-24(3)4/h5-20,23-24H,21-22H2,1-4H3. The van der Waals surface area contributed by atoms with Crippen LogP contribution >= 0.6 is 0 Å². The summed E-state index contributed by atoms with van der Waals surface area (Å²) in [6.07, 6.45) is -10.5. The molecule has 47 heavy (non-hydrogen) atoms. The van der Waals surface area contributed by atoms with Gasteiger partial charge in [-0.1, -0.05) is 88.4 Å². The van der Waals surface area contributed by atoms with Crippen LogP contribution in [-0.4, -0.2) is 24.3 Å². The second-order valence-corrected chi connectivity index (χ2v) is 12.1. The first kappa shape index (κ1) is 35.3. The topological polar surface area (TPSA) is 52.6 Å². The molecule has 0 fully saturated rings. The number of hydrogen-bond acceptors (Lipinski definition) is 4. The van der Waals surface area contributed by atoms with Gasteiger partial charge in [0.05, 0.1) is 11.1 Å². The largest absolute Gasteiger partial charge is 0.423 e. The van der Waals surface area contributed by atoms with E-state index in [9.17, 15) is 35.9 Å². The van der Waals surface area contributed by atoms with Gasteiger partial charge in [-0.15, -0.1) is 0 Å². The molecule has 0 N–H and O–H groups in total. The van der Waals surface area contributed by atoms with Crippen molar-refractivity contribution in [3.05, 3.63) is 130 Å². The summed E-state index contributed by atoms with van der Waals surface area (Å²) in [5, 5.41) is 0. The Balaban J connectivity index is 1.67. The monoisotopic (exact) mass is 656 g/mol. The molecule has 0 aromatic heterocycles. The molecule has 0 saturated heterocycles. The van der Waals surface area contributed by atoms with Gasteiger partial charge in [0.15, 0.2) is 0 Å². The molecule has 4 aromatic carbocycles. The summed E-state index contributed by atoms with van der Waals surface area (Å²) in [5.41, 5.74) is -5.80. The second-order valence-electron chi connectivity index (χ2n) is 12.1. The summed E-state index contributed by atoms with van der Waals surface area (Å²) in [4.78, 5) is 25.7. The van der Waals surface area contributed by atoms with Crippen LogP contribution in [0, 0.1) is 11.8 Å². The van der Waals surface area contributed by atoms with Gasteiger partial charge in [-0.3, -0.25) is 0 Å². The van der Waals surface area contributed by atoms with E-state index in [-0.39, 0.29) is 34.5 Å². The molecule has 0 aliphatic heterocycles. The van der Waals surface area contributed by atoms with Crippen molar-refractivity contribution < 1.29 is 45.4 Å². The lowest BCUT2D eigenvalue weighted by molar-refractivity contribution is -0.288. The molecule has 0 aliphatic carbocycles. The molecule has 4 rings (SSSR count). The predicted octanol–water partition coefficient (Wildman–Crippen LogP) is 9.93. The van der Waals surface area contributed by atoms with E-state index in [0.717, 1.165) is 35.4 Å². The molecular formula is C37H34F6O4. The zero-order valence-corrected chi connectivity index (χ0v) is 26.2. The number of halogens is 6. The summed E-state index contributed by atoms with van der Waals surface area (Å²) in [5.74, 6) is -0.906. The Kier molecular flexibility index (Phi) is 10.5. The average molecular weight is 657 g/mol. The normalized spacial score (nSPS) is 12.3. The molecule has 0 atom stereocenters. The van der Waals surface area contributed by atoms with Crippen LogP contribution in [0.25, 0.3) is 0 Å². The van der Waals surface area contributed by atoms with Gasteiger partial charge in [0.25, 0.3) is 0 Å². The fraction of sp³-hybridized carbons (Fsp3) is 0.297. The minimum atomic E-state index is -5.86. The van der Waals surface area contributed by atoms with Crippen LogP contribution in [-0.2, 0) is 18.3 Å². The van der Waals surface area contributed by atoms with Crippen molar-refractivity contribution in [2.45, 2.75) is 58.3 Å². The van der Waals surface area contributed by atoms with Crippen LogP contribution < -0.4 is 9.47 Å². The number of rotatable bonds is 10. The molecule has 0 saturated carbocycles. The van der Waals surface area contributed by atoms with Crippen LogP contribution in [0.4, 0.5) is 26.3 Å². The van der Waals surface area contributed by atoms with Crippen LogP contribution in [0.2, 0.25) is 0 Å². The Morgan fingerprint density at radius 3 is 1.15 bits per heavy atom. The third kappa shape index (κ3) is 7.69. The van der Waals surface area contributed by atoms with E-state index in [4.69, 9.17) is 9.47 Å². The van der Waals surface area contributed by atoms with Gasteiger partial charge in [0, 0.05) is 0 Å². The van der Waals surface area contributed by atoms with E-state index in [1.54, 1.807) is 48.5 Å². The first-order valence-electron chi connectivity index (χ1n) is 15.0. The molecule has 0 spiro atoms. The fourth-order valence-corrected chi connectivity index (χ4v) is 5.44. The van der Waals surface area contributed by atoms with Crippen molar-refractivity contribution in [3.8, 4) is 11.5 Å². The van der Waals surface area contributed by atoms with E-state index in [2.05, 4.69) is 0 Å². The first-order valence-corrected chi connectivity index (χ1v) is 15.0. The molecule has 248 valence electrons. The summed E-state index contributed by atoms with van der Waals surface area (Å²) >= 11 is 0. The number of alkyl halides is 6. The summed E-state index contributed by atoms with van der Waals surface area (Å²) < 4.78 is 99.3. The number of carbonyl (C=O) groups excluding carboxylic acids is 2. The lowest BCUT2D eigenvalue weighted by Crippen LogP contribution is -2.54. The summed E-state index contributed by atoms with van der Waals surface area (Å²) in [6.45, 7) is 7.88. The van der Waals surface area contributed by atoms with Crippen molar-refractivity contribution in [2.75, 3.05) is 0 Å². The number of hydrogen-bond donors (Lipinski definition) is 0. The number of carbonyl (C=O) groups is 2. The predicted molar refractivity (Wildman–Crippen MR) is 166 cm³/mol. The molecule has 10 heteroatoms. The van der Waals surface area contributed by atoms with Gasteiger partial charge in [0.1, 0.15) is 11.5 Å². The van der Waals surface area contributed by atoms with Crippen LogP contribution in [0.1, 0.15) is 70.7 Å². The van der Waals surface area contributed by atoms with Gasteiger partial charge in [0.2, 0.25) is 5.41 Å². The Bertz CT molecular complexity index is 1560. The van der Waals surface area contributed by atoms with Crippen molar-refractivity contribution in [3.63, 3.8) is 0 Å². The SMILES string of the molecule is CC(C)Cc1ccccc1OC(=O)c1ccc(C(c2ccc(C(=O)Oc3ccccc3CC(C)C)cc2)(C(F)(F)F)C(F)(F)F)cc1. The van der Waals surface area contributed by atoms with Gasteiger partial charge in [-0.2, -0.15) is 26.3 Å². The molecule has 0 heterocycles. The third-order valence-corrected chi connectivity index (χ3v) is 7.56. The third-order valence-electron chi connectivity index (χ3n) is 7.56. The number of para-hydroxylation sites is 2. The fourth-order valence-electron chi connectivity index (χ4n) is 5.44. The zero-order valence-electron chi connectivity index (χ0n) is 26.2. The Hall–Kier alpha value is -4.60. The highest BCUT2D eigenvalue weighted by molar-refractivity contribution is 5.92. The average Bonchev–Trinajstić information content (AvgIpc) is 2.98. The van der Waals surface area contributed by atoms with Crippen LogP contribution in [0.5, 0.6) is 11.5 Å². The van der Waals surface area contributed by atoms with Crippen molar-refractivity contribution in [1.82, 2.24) is 0 Å². The quantitative estimate of drug-likeness (QED) is 0.0969. The highest BCUT2D eigenvalue weighted by Gasteiger charge is 2.72. The van der Waals surface area contributed by atoms with Gasteiger partial charge >= 0.3 is 24.3 Å². The smallest absolute Gasteiger partial charge is 0.411 e. The van der Waals surface area contributed by atoms with E-state index in [1.807, 2.05) is 27.7 Å². The van der Waals surface area contributed by atoms with E-state index in [0.29, 0.717) is 37.1 Å². The molecule has 0 radical (unpaired) electrons. The molecule has 4 aromatic rings. The van der Waals surface area contributed by atoms with Crippen molar-refractivity contribution in [2.24, 2.45) is 11.8 Å². The van der Waals surface area contributed by atoms with E-state index in [1.165, 1.54) is 0 Å². The minimum absolute atomic E-state index is 0.234. The maximum atomic E-state index is 14.7. The second kappa shape index (κ2) is 14.0. The van der Waals surface area contributed by atoms with Crippen LogP contribution in [0.15, 0.2) is 97.1 Å². The molecule has 0 unspecified atom stereocenters. The summed E-state index contributed by atoms with van der Waals surface area (Å²) in [6, 6.07) is 19.4. The van der Waals surface area contributed by atoms with Gasteiger partial charge in [-0.25, -0.2) is 9.59 Å². The zero-order chi connectivity index (χ0) is 34.6. The maximum Gasteiger partial charge on any atom is 0.411 e. The summed E-state index contributed by atoms with van der Waals surface area (Å²) in [7, 11) is 0. The minimum Gasteiger partial charge on any atom is -0.423 e. The van der Waals surface area contributed by atoms with Gasteiger partial charge < -0.3 is 9.47 Å². The first-order chi connectivity index (χ1) is 22.0. The molecule has 0 bridgehead atoms. The van der Waals surface area contributed by atoms with Crippen molar-refractivity contribution >= 4 is 11.9 Å². The number of ether oxygens (including phenoxy) is 2.